The van der Waals surface area contributed by atoms with Crippen molar-refractivity contribution in [1.82, 2.24) is 0 Å². The Morgan fingerprint density at radius 2 is 1.71 bits per heavy atom. The molecule has 0 atom stereocenters. The van der Waals surface area contributed by atoms with Gasteiger partial charge in [-0.3, -0.25) is 0 Å². The molecule has 3 aromatic carbocycles. The highest BCUT2D eigenvalue weighted by molar-refractivity contribution is 5.86. The molecule has 0 amide bonds. The molecule has 118 valence electrons. The molecule has 24 heavy (non-hydrogen) atoms. The van der Waals surface area contributed by atoms with E-state index in [1.807, 2.05) is 24.3 Å². The summed E-state index contributed by atoms with van der Waals surface area (Å²) in [6.07, 6.45) is 0. The van der Waals surface area contributed by atoms with Crippen LogP contribution in [0.25, 0.3) is 21.7 Å². The third-order valence-electron chi connectivity index (χ3n) is 4.25. The first-order chi connectivity index (χ1) is 11.7. The van der Waals surface area contributed by atoms with Crippen molar-refractivity contribution >= 4 is 21.7 Å². The summed E-state index contributed by atoms with van der Waals surface area (Å²) in [6.45, 7) is 2.56. The summed E-state index contributed by atoms with van der Waals surface area (Å²) in [5.74, 6) is 0.684. The van der Waals surface area contributed by atoms with Crippen LogP contribution in [0.4, 0.5) is 0 Å². The van der Waals surface area contributed by atoms with Gasteiger partial charge in [-0.2, -0.15) is 0 Å². The van der Waals surface area contributed by atoms with Crippen molar-refractivity contribution in [3.8, 4) is 5.75 Å². The van der Waals surface area contributed by atoms with E-state index in [2.05, 4.69) is 31.2 Å². The van der Waals surface area contributed by atoms with Gasteiger partial charge in [0.15, 0.2) is 0 Å². The average molecular weight is 316 g/mol. The van der Waals surface area contributed by atoms with Gasteiger partial charge in [0.25, 0.3) is 0 Å². The molecule has 0 aliphatic carbocycles. The van der Waals surface area contributed by atoms with Gasteiger partial charge in [0, 0.05) is 23.1 Å². The molecule has 1 heterocycles. The molecule has 0 bridgehead atoms. The van der Waals surface area contributed by atoms with Crippen molar-refractivity contribution in [2.45, 2.75) is 13.5 Å². The van der Waals surface area contributed by atoms with Crippen molar-refractivity contribution in [3.05, 3.63) is 88.3 Å². The van der Waals surface area contributed by atoms with Crippen LogP contribution in [-0.4, -0.2) is 0 Å². The Bertz CT molecular complexity index is 1090. The zero-order valence-electron chi connectivity index (χ0n) is 13.3. The summed E-state index contributed by atoms with van der Waals surface area (Å²) >= 11 is 0. The zero-order valence-corrected chi connectivity index (χ0v) is 13.3. The van der Waals surface area contributed by atoms with Crippen LogP contribution in [0, 0.1) is 6.92 Å². The van der Waals surface area contributed by atoms with Crippen LogP contribution in [-0.2, 0) is 6.61 Å². The van der Waals surface area contributed by atoms with Crippen molar-refractivity contribution in [2.24, 2.45) is 0 Å². The van der Waals surface area contributed by atoms with Crippen LogP contribution in [0.3, 0.4) is 0 Å². The molecule has 0 aliphatic heterocycles. The molecular weight excluding hydrogens is 300 g/mol. The van der Waals surface area contributed by atoms with Gasteiger partial charge in [0.05, 0.1) is 0 Å². The molecule has 0 N–H and O–H groups in total. The predicted molar refractivity (Wildman–Crippen MR) is 95.5 cm³/mol. The van der Waals surface area contributed by atoms with Crippen molar-refractivity contribution in [3.63, 3.8) is 0 Å². The lowest BCUT2D eigenvalue weighted by atomic mass is 10.0. The van der Waals surface area contributed by atoms with Gasteiger partial charge in [-0.25, -0.2) is 4.79 Å². The van der Waals surface area contributed by atoms with Gasteiger partial charge < -0.3 is 9.15 Å². The van der Waals surface area contributed by atoms with Crippen LogP contribution < -0.4 is 10.4 Å². The van der Waals surface area contributed by atoms with Crippen LogP contribution >= 0.6 is 0 Å². The minimum atomic E-state index is -0.357. The largest absolute Gasteiger partial charge is 0.489 e. The molecule has 0 radical (unpaired) electrons. The fraction of sp³-hybridized carbons (Fsp3) is 0.0952. The summed E-state index contributed by atoms with van der Waals surface area (Å²) in [4.78, 5) is 11.4. The molecule has 0 saturated carbocycles. The van der Waals surface area contributed by atoms with Gasteiger partial charge in [-0.15, -0.1) is 0 Å². The van der Waals surface area contributed by atoms with E-state index in [1.54, 1.807) is 12.1 Å². The summed E-state index contributed by atoms with van der Waals surface area (Å²) in [6, 6.07) is 21.2. The summed E-state index contributed by atoms with van der Waals surface area (Å²) in [5.41, 5.74) is 2.54. The molecule has 3 nitrogen and oxygen atoms in total. The third kappa shape index (κ3) is 2.65. The second-order valence-electron chi connectivity index (χ2n) is 5.82. The van der Waals surface area contributed by atoms with Gasteiger partial charge >= 0.3 is 5.63 Å². The quantitative estimate of drug-likeness (QED) is 0.508. The Balaban J connectivity index is 1.68. The number of ether oxygens (including phenoxy) is 1. The molecular formula is C21H16O3. The fourth-order valence-corrected chi connectivity index (χ4v) is 2.92. The number of rotatable bonds is 3. The standard InChI is InChI=1S/C21H16O3/c1-14-6-7-15-4-2-3-5-18(15)19(14)13-23-17-10-8-16-9-11-21(22)24-20(16)12-17/h2-12H,13H2,1H3. The van der Waals surface area contributed by atoms with E-state index in [9.17, 15) is 4.79 Å². The summed E-state index contributed by atoms with van der Waals surface area (Å²) in [7, 11) is 0. The van der Waals surface area contributed by atoms with Gasteiger partial charge in [-0.1, -0.05) is 36.4 Å². The maximum absolute atomic E-state index is 11.4. The number of hydrogen-bond donors (Lipinski definition) is 0. The molecule has 4 rings (SSSR count). The third-order valence-corrected chi connectivity index (χ3v) is 4.25. The lowest BCUT2D eigenvalue weighted by molar-refractivity contribution is 0.307. The normalized spacial score (nSPS) is 11.0. The van der Waals surface area contributed by atoms with E-state index in [-0.39, 0.29) is 5.63 Å². The molecule has 4 aromatic rings. The van der Waals surface area contributed by atoms with Crippen LogP contribution in [0.15, 0.2) is 75.9 Å². The monoisotopic (exact) mass is 316 g/mol. The Morgan fingerprint density at radius 3 is 2.62 bits per heavy atom. The van der Waals surface area contributed by atoms with E-state index in [1.165, 1.54) is 28.0 Å². The molecule has 0 spiro atoms. The highest BCUT2D eigenvalue weighted by Gasteiger charge is 2.06. The smallest absolute Gasteiger partial charge is 0.336 e. The summed E-state index contributed by atoms with van der Waals surface area (Å²) in [5, 5.41) is 3.28. The number of benzene rings is 3. The molecule has 0 fully saturated rings. The molecule has 0 aliphatic rings. The Hall–Kier alpha value is -3.07. The number of aryl methyl sites for hydroxylation is 1. The van der Waals surface area contributed by atoms with Crippen molar-refractivity contribution in [2.75, 3.05) is 0 Å². The van der Waals surface area contributed by atoms with Crippen molar-refractivity contribution < 1.29 is 9.15 Å². The topological polar surface area (TPSA) is 39.4 Å². The Labute approximate surface area is 139 Å². The average Bonchev–Trinajstić information content (AvgIpc) is 2.60. The van der Waals surface area contributed by atoms with Gasteiger partial charge in [-0.05, 0) is 41.5 Å². The number of fused-ring (bicyclic) bond motifs is 2. The van der Waals surface area contributed by atoms with E-state index < -0.39 is 0 Å². The number of hydrogen-bond acceptors (Lipinski definition) is 3. The molecule has 0 saturated heterocycles. The molecule has 1 aromatic heterocycles. The lowest BCUT2D eigenvalue weighted by Crippen LogP contribution is -2.00. The Morgan fingerprint density at radius 1 is 0.917 bits per heavy atom. The Kier molecular flexibility index (Phi) is 3.54. The highest BCUT2D eigenvalue weighted by atomic mass is 16.5. The van der Waals surface area contributed by atoms with E-state index in [0.717, 1.165) is 5.39 Å². The van der Waals surface area contributed by atoms with Gasteiger partial charge in [0.2, 0.25) is 0 Å². The highest BCUT2D eigenvalue weighted by Crippen LogP contribution is 2.25. The summed E-state index contributed by atoms with van der Waals surface area (Å²) < 4.78 is 11.2. The first-order valence-corrected chi connectivity index (χ1v) is 7.85. The molecule has 0 unspecified atom stereocenters. The lowest BCUT2D eigenvalue weighted by Gasteiger charge is -2.12. The van der Waals surface area contributed by atoms with E-state index in [0.29, 0.717) is 17.9 Å². The van der Waals surface area contributed by atoms with Crippen LogP contribution in [0.2, 0.25) is 0 Å². The maximum atomic E-state index is 11.4. The van der Waals surface area contributed by atoms with Gasteiger partial charge in [0.1, 0.15) is 17.9 Å². The minimum absolute atomic E-state index is 0.357. The maximum Gasteiger partial charge on any atom is 0.336 e. The minimum Gasteiger partial charge on any atom is -0.489 e. The molecule has 3 heteroatoms. The second kappa shape index (κ2) is 5.85. The zero-order chi connectivity index (χ0) is 16.5. The second-order valence-corrected chi connectivity index (χ2v) is 5.82. The first-order valence-electron chi connectivity index (χ1n) is 7.85. The van der Waals surface area contributed by atoms with Crippen LogP contribution in [0.1, 0.15) is 11.1 Å². The van der Waals surface area contributed by atoms with E-state index >= 15 is 0 Å². The van der Waals surface area contributed by atoms with E-state index in [4.69, 9.17) is 9.15 Å². The SMILES string of the molecule is Cc1ccc2ccccc2c1COc1ccc2ccc(=O)oc2c1. The first kappa shape index (κ1) is 14.5. The van der Waals surface area contributed by atoms with Crippen molar-refractivity contribution in [1.29, 1.82) is 0 Å². The van der Waals surface area contributed by atoms with Crippen LogP contribution in [0.5, 0.6) is 5.75 Å². The fourth-order valence-electron chi connectivity index (χ4n) is 2.92. The predicted octanol–water partition coefficient (Wildman–Crippen LogP) is 4.83.